The predicted octanol–water partition coefficient (Wildman–Crippen LogP) is 2.33. The van der Waals surface area contributed by atoms with Gasteiger partial charge >= 0.3 is 0 Å². The number of hydrogen-bond donors (Lipinski definition) is 1. The molecule has 0 fully saturated rings. The fourth-order valence-electron chi connectivity index (χ4n) is 0.898. The van der Waals surface area contributed by atoms with Gasteiger partial charge in [0.1, 0.15) is 6.10 Å². The Morgan fingerprint density at radius 1 is 1.62 bits per heavy atom. The van der Waals surface area contributed by atoms with E-state index in [0.717, 1.165) is 6.04 Å². The molecule has 1 atom stereocenters. The molecular formula is C9H17ClO2Si. The van der Waals surface area contributed by atoms with Gasteiger partial charge in [0.2, 0.25) is 0 Å². The van der Waals surface area contributed by atoms with Crippen LogP contribution in [0.5, 0.6) is 0 Å². The highest BCUT2D eigenvalue weighted by atomic mass is 35.6. The van der Waals surface area contributed by atoms with E-state index in [1.54, 1.807) is 13.0 Å². The zero-order chi connectivity index (χ0) is 10.5. The summed E-state index contributed by atoms with van der Waals surface area (Å²) in [5.41, 5.74) is 0. The van der Waals surface area contributed by atoms with Gasteiger partial charge in [0, 0.05) is 0 Å². The fourth-order valence-corrected chi connectivity index (χ4v) is 2.18. The monoisotopic (exact) mass is 220 g/mol. The second-order valence-corrected chi connectivity index (χ2v) is 10.7. The van der Waals surface area contributed by atoms with Crippen LogP contribution >= 0.6 is 11.1 Å². The van der Waals surface area contributed by atoms with Gasteiger partial charge in [-0.15, -0.1) is 0 Å². The lowest BCUT2D eigenvalue weighted by atomic mass is 10.2. The molecule has 0 aromatic rings. The minimum atomic E-state index is -1.65. The molecule has 2 nitrogen and oxygen atoms in total. The van der Waals surface area contributed by atoms with E-state index in [4.69, 9.17) is 11.1 Å². The predicted molar refractivity (Wildman–Crippen MR) is 58.6 cm³/mol. The van der Waals surface area contributed by atoms with Gasteiger partial charge < -0.3 is 5.11 Å². The quantitative estimate of drug-likeness (QED) is 0.439. The molecule has 0 aromatic carbocycles. The standard InChI is InChI=1S/C9H17ClO2Si/c1-4-5-8(11)9(12)6-7-13(2,3)10/h4-5,9,12H,6-7H2,1-3H3. The van der Waals surface area contributed by atoms with Gasteiger partial charge in [0.25, 0.3) is 0 Å². The van der Waals surface area contributed by atoms with Gasteiger partial charge in [0.15, 0.2) is 13.2 Å². The number of halogens is 1. The smallest absolute Gasteiger partial charge is 0.183 e. The normalized spacial score (nSPS) is 14.8. The Balaban J connectivity index is 3.88. The van der Waals surface area contributed by atoms with E-state index in [1.807, 2.05) is 13.1 Å². The summed E-state index contributed by atoms with van der Waals surface area (Å²) in [6.45, 7) is 5.76. The molecule has 0 aromatic heterocycles. The Bertz CT molecular complexity index is 196. The van der Waals surface area contributed by atoms with Crippen LogP contribution in [0.4, 0.5) is 0 Å². The number of rotatable bonds is 5. The van der Waals surface area contributed by atoms with E-state index in [2.05, 4.69) is 0 Å². The molecule has 0 aliphatic carbocycles. The van der Waals surface area contributed by atoms with Crippen LogP contribution in [0.2, 0.25) is 19.1 Å². The minimum Gasteiger partial charge on any atom is -0.385 e. The highest BCUT2D eigenvalue weighted by molar-refractivity contribution is 7.19. The van der Waals surface area contributed by atoms with Crippen LogP contribution in [0, 0.1) is 0 Å². The first kappa shape index (κ1) is 12.9. The van der Waals surface area contributed by atoms with E-state index < -0.39 is 13.5 Å². The number of ketones is 1. The topological polar surface area (TPSA) is 37.3 Å². The lowest BCUT2D eigenvalue weighted by Gasteiger charge is -2.14. The SMILES string of the molecule is CC=CC(=O)C(O)CC[Si](C)(C)Cl. The van der Waals surface area contributed by atoms with Gasteiger partial charge in [-0.1, -0.05) is 19.2 Å². The summed E-state index contributed by atoms with van der Waals surface area (Å²) in [7, 11) is -1.65. The second kappa shape index (κ2) is 5.57. The Hall–Kier alpha value is -0.123. The van der Waals surface area contributed by atoms with E-state index in [1.165, 1.54) is 6.08 Å². The van der Waals surface area contributed by atoms with Crippen LogP contribution in [0.3, 0.4) is 0 Å². The minimum absolute atomic E-state index is 0.225. The summed E-state index contributed by atoms with van der Waals surface area (Å²) in [6, 6.07) is 0.763. The number of aliphatic hydroxyl groups is 1. The van der Waals surface area contributed by atoms with Gasteiger partial charge in [-0.25, -0.2) is 0 Å². The maximum Gasteiger partial charge on any atom is 0.183 e. The molecule has 4 heteroatoms. The Morgan fingerprint density at radius 3 is 2.54 bits per heavy atom. The first-order chi connectivity index (χ1) is 5.87. The van der Waals surface area contributed by atoms with E-state index in [-0.39, 0.29) is 5.78 Å². The number of aliphatic hydroxyl groups excluding tert-OH is 1. The van der Waals surface area contributed by atoms with Crippen molar-refractivity contribution in [1.82, 2.24) is 0 Å². The highest BCUT2D eigenvalue weighted by Crippen LogP contribution is 2.17. The number of carbonyl (C=O) groups is 1. The lowest BCUT2D eigenvalue weighted by Crippen LogP contribution is -2.23. The van der Waals surface area contributed by atoms with Crippen molar-refractivity contribution in [1.29, 1.82) is 0 Å². The summed E-state index contributed by atoms with van der Waals surface area (Å²) in [6.07, 6.45) is 2.63. The molecule has 0 radical (unpaired) electrons. The average molecular weight is 221 g/mol. The summed E-state index contributed by atoms with van der Waals surface area (Å²) in [5, 5.41) is 9.37. The summed E-state index contributed by atoms with van der Waals surface area (Å²) in [4.78, 5) is 11.1. The van der Waals surface area contributed by atoms with Gasteiger partial charge in [-0.3, -0.25) is 4.79 Å². The maximum atomic E-state index is 11.1. The molecule has 0 heterocycles. The third kappa shape index (κ3) is 6.99. The highest BCUT2D eigenvalue weighted by Gasteiger charge is 2.20. The summed E-state index contributed by atoms with van der Waals surface area (Å²) < 4.78 is 0. The van der Waals surface area contributed by atoms with Crippen molar-refractivity contribution in [3.8, 4) is 0 Å². The van der Waals surface area contributed by atoms with Crippen molar-refractivity contribution in [2.75, 3.05) is 0 Å². The van der Waals surface area contributed by atoms with Gasteiger partial charge in [0.05, 0.1) is 0 Å². The zero-order valence-electron chi connectivity index (χ0n) is 8.38. The Morgan fingerprint density at radius 2 is 2.15 bits per heavy atom. The van der Waals surface area contributed by atoms with Crippen LogP contribution in [0.15, 0.2) is 12.2 Å². The molecular weight excluding hydrogens is 204 g/mol. The molecule has 0 spiro atoms. The molecule has 0 rings (SSSR count). The molecule has 0 aliphatic rings. The van der Waals surface area contributed by atoms with Crippen LogP contribution in [0.1, 0.15) is 13.3 Å². The van der Waals surface area contributed by atoms with E-state index >= 15 is 0 Å². The van der Waals surface area contributed by atoms with Crippen LogP contribution in [0.25, 0.3) is 0 Å². The van der Waals surface area contributed by atoms with E-state index in [0.29, 0.717) is 6.42 Å². The first-order valence-electron chi connectivity index (χ1n) is 4.40. The number of carbonyl (C=O) groups excluding carboxylic acids is 1. The lowest BCUT2D eigenvalue weighted by molar-refractivity contribution is -0.122. The average Bonchev–Trinajstić information content (AvgIpc) is 1.99. The van der Waals surface area contributed by atoms with Gasteiger partial charge in [-0.05, 0) is 25.5 Å². The van der Waals surface area contributed by atoms with Crippen molar-refractivity contribution in [3.05, 3.63) is 12.2 Å². The third-order valence-corrected chi connectivity index (χ3v) is 3.72. The van der Waals surface area contributed by atoms with Crippen LogP contribution in [-0.4, -0.2) is 24.4 Å². The molecule has 0 aliphatic heterocycles. The van der Waals surface area contributed by atoms with E-state index in [9.17, 15) is 9.90 Å². The van der Waals surface area contributed by atoms with Gasteiger partial charge in [-0.2, -0.15) is 11.1 Å². The number of hydrogen-bond acceptors (Lipinski definition) is 2. The third-order valence-electron chi connectivity index (χ3n) is 1.67. The molecule has 0 saturated heterocycles. The molecule has 0 amide bonds. The maximum absolute atomic E-state index is 11.1. The molecule has 76 valence electrons. The summed E-state index contributed by atoms with van der Waals surface area (Å²) in [5.74, 6) is -0.225. The Kier molecular flexibility index (Phi) is 5.52. The van der Waals surface area contributed by atoms with Crippen molar-refractivity contribution in [2.24, 2.45) is 0 Å². The van der Waals surface area contributed by atoms with Crippen LogP contribution < -0.4 is 0 Å². The second-order valence-electron chi connectivity index (χ2n) is 3.68. The largest absolute Gasteiger partial charge is 0.385 e. The van der Waals surface area contributed by atoms with Crippen molar-refractivity contribution in [3.63, 3.8) is 0 Å². The first-order valence-corrected chi connectivity index (χ1v) is 8.62. The zero-order valence-corrected chi connectivity index (χ0v) is 10.1. The van der Waals surface area contributed by atoms with Crippen molar-refractivity contribution < 1.29 is 9.90 Å². The Labute approximate surface area is 85.3 Å². The summed E-state index contributed by atoms with van der Waals surface area (Å²) >= 11 is 6.06. The molecule has 1 unspecified atom stereocenters. The molecule has 0 saturated carbocycles. The fraction of sp³-hybridized carbons (Fsp3) is 0.667. The molecule has 1 N–H and O–H groups in total. The molecule has 13 heavy (non-hydrogen) atoms. The van der Waals surface area contributed by atoms with Crippen molar-refractivity contribution in [2.45, 2.75) is 38.6 Å². The van der Waals surface area contributed by atoms with Crippen molar-refractivity contribution >= 4 is 24.2 Å². The molecule has 0 bridgehead atoms. The van der Waals surface area contributed by atoms with Crippen LogP contribution in [-0.2, 0) is 4.79 Å². The number of allylic oxidation sites excluding steroid dienone is 1.